The third kappa shape index (κ3) is 5.55. The van der Waals surface area contributed by atoms with Gasteiger partial charge >= 0.3 is 0 Å². The molecule has 0 fully saturated rings. The SMILES string of the molecule is CCCc1ccc([C@@H](N[C@H](C)C(=O)Nc2ccc(C(N)=O)cc2)c2cccs2)cc1. The van der Waals surface area contributed by atoms with Gasteiger partial charge in [-0.25, -0.2) is 0 Å². The van der Waals surface area contributed by atoms with Crippen LogP contribution in [0.15, 0.2) is 66.0 Å². The second kappa shape index (κ2) is 10.2. The molecule has 0 saturated carbocycles. The number of anilines is 1. The maximum absolute atomic E-state index is 12.7. The summed E-state index contributed by atoms with van der Waals surface area (Å²) >= 11 is 1.66. The number of benzene rings is 2. The summed E-state index contributed by atoms with van der Waals surface area (Å²) in [6, 6.07) is 18.7. The van der Waals surface area contributed by atoms with E-state index >= 15 is 0 Å². The first-order valence-electron chi connectivity index (χ1n) is 10.1. The van der Waals surface area contributed by atoms with Gasteiger partial charge in [-0.05, 0) is 60.2 Å². The lowest BCUT2D eigenvalue weighted by Gasteiger charge is -2.23. The molecule has 156 valence electrons. The Morgan fingerprint density at radius 2 is 1.73 bits per heavy atom. The molecule has 1 aromatic heterocycles. The van der Waals surface area contributed by atoms with E-state index in [9.17, 15) is 9.59 Å². The fourth-order valence-corrected chi connectivity index (χ4v) is 4.07. The number of hydrogen-bond donors (Lipinski definition) is 3. The van der Waals surface area contributed by atoms with Crippen LogP contribution in [0.5, 0.6) is 0 Å². The highest BCUT2D eigenvalue weighted by atomic mass is 32.1. The summed E-state index contributed by atoms with van der Waals surface area (Å²) < 4.78 is 0. The van der Waals surface area contributed by atoms with Crippen molar-refractivity contribution in [3.8, 4) is 0 Å². The number of aryl methyl sites for hydroxylation is 1. The summed E-state index contributed by atoms with van der Waals surface area (Å²) in [4.78, 5) is 25.1. The van der Waals surface area contributed by atoms with Gasteiger partial charge < -0.3 is 11.1 Å². The van der Waals surface area contributed by atoms with Crippen molar-refractivity contribution in [2.75, 3.05) is 5.32 Å². The molecule has 2 atom stereocenters. The van der Waals surface area contributed by atoms with Crippen LogP contribution in [0.4, 0.5) is 5.69 Å². The van der Waals surface area contributed by atoms with E-state index in [0.29, 0.717) is 11.3 Å². The standard InChI is InChI=1S/C24H27N3O2S/c1-3-5-17-7-9-18(10-8-17)22(21-6-4-15-30-21)26-16(2)24(29)27-20-13-11-19(12-14-20)23(25)28/h4,6-16,22,26H,3,5H2,1-2H3,(H2,25,28)(H,27,29)/t16-,22-/m1/s1. The lowest BCUT2D eigenvalue weighted by molar-refractivity contribution is -0.117. The molecule has 2 amide bonds. The zero-order valence-corrected chi connectivity index (χ0v) is 18.0. The average Bonchev–Trinajstić information content (AvgIpc) is 3.27. The summed E-state index contributed by atoms with van der Waals surface area (Å²) in [6.45, 7) is 4.02. The van der Waals surface area contributed by atoms with E-state index in [2.05, 4.69) is 47.9 Å². The van der Waals surface area contributed by atoms with Crippen LogP contribution in [-0.2, 0) is 11.2 Å². The molecule has 4 N–H and O–H groups in total. The van der Waals surface area contributed by atoms with Crippen molar-refractivity contribution in [1.29, 1.82) is 0 Å². The van der Waals surface area contributed by atoms with Crippen LogP contribution in [0.25, 0.3) is 0 Å². The number of hydrogen-bond acceptors (Lipinski definition) is 4. The van der Waals surface area contributed by atoms with Crippen LogP contribution < -0.4 is 16.4 Å². The van der Waals surface area contributed by atoms with Gasteiger partial charge in [0.1, 0.15) is 0 Å². The molecule has 0 radical (unpaired) electrons. The van der Waals surface area contributed by atoms with Crippen molar-refractivity contribution in [2.45, 2.75) is 38.8 Å². The van der Waals surface area contributed by atoms with Crippen molar-refractivity contribution in [1.82, 2.24) is 5.32 Å². The second-order valence-corrected chi connectivity index (χ2v) is 8.24. The zero-order valence-electron chi connectivity index (χ0n) is 17.2. The Morgan fingerprint density at radius 1 is 1.03 bits per heavy atom. The maximum atomic E-state index is 12.7. The molecule has 2 aromatic carbocycles. The number of nitrogens with one attached hydrogen (secondary N) is 2. The molecular formula is C24H27N3O2S. The Morgan fingerprint density at radius 3 is 2.30 bits per heavy atom. The van der Waals surface area contributed by atoms with Gasteiger partial charge in [-0.15, -0.1) is 11.3 Å². The van der Waals surface area contributed by atoms with E-state index < -0.39 is 11.9 Å². The summed E-state index contributed by atoms with van der Waals surface area (Å²) in [5.41, 5.74) is 8.73. The third-order valence-corrected chi connectivity index (χ3v) is 5.86. The molecular weight excluding hydrogens is 394 g/mol. The Bertz CT molecular complexity index is 967. The Kier molecular flexibility index (Phi) is 7.38. The first kappa shape index (κ1) is 21.7. The third-order valence-electron chi connectivity index (χ3n) is 4.93. The molecule has 0 spiro atoms. The Hall–Kier alpha value is -2.96. The highest BCUT2D eigenvalue weighted by Gasteiger charge is 2.21. The lowest BCUT2D eigenvalue weighted by atomic mass is 10.0. The smallest absolute Gasteiger partial charge is 0.248 e. The van der Waals surface area contributed by atoms with Crippen LogP contribution >= 0.6 is 11.3 Å². The van der Waals surface area contributed by atoms with Gasteiger partial charge in [-0.2, -0.15) is 0 Å². The van der Waals surface area contributed by atoms with Crippen molar-refractivity contribution in [3.05, 3.63) is 87.6 Å². The van der Waals surface area contributed by atoms with Crippen LogP contribution in [-0.4, -0.2) is 17.9 Å². The van der Waals surface area contributed by atoms with Gasteiger partial charge in [0.05, 0.1) is 12.1 Å². The number of amides is 2. The van der Waals surface area contributed by atoms with E-state index in [1.807, 2.05) is 18.4 Å². The largest absolute Gasteiger partial charge is 0.366 e. The molecule has 0 saturated heterocycles. The summed E-state index contributed by atoms with van der Waals surface area (Å²) in [5.74, 6) is -0.641. The van der Waals surface area contributed by atoms with Crippen LogP contribution in [0, 0.1) is 0 Å². The molecule has 6 heteroatoms. The van der Waals surface area contributed by atoms with Crippen molar-refractivity contribution < 1.29 is 9.59 Å². The molecule has 0 aliphatic heterocycles. The topological polar surface area (TPSA) is 84.2 Å². The fourth-order valence-electron chi connectivity index (χ4n) is 3.26. The minimum Gasteiger partial charge on any atom is -0.366 e. The maximum Gasteiger partial charge on any atom is 0.248 e. The van der Waals surface area contributed by atoms with Gasteiger partial charge in [0.25, 0.3) is 0 Å². The molecule has 30 heavy (non-hydrogen) atoms. The highest BCUT2D eigenvalue weighted by molar-refractivity contribution is 7.10. The average molecular weight is 422 g/mol. The number of carbonyl (C=O) groups is 2. The molecule has 3 rings (SSSR count). The van der Waals surface area contributed by atoms with Gasteiger partial charge in [-0.1, -0.05) is 43.7 Å². The monoisotopic (exact) mass is 421 g/mol. The summed E-state index contributed by atoms with van der Waals surface area (Å²) in [7, 11) is 0. The van der Waals surface area contributed by atoms with Crippen LogP contribution in [0.2, 0.25) is 0 Å². The first-order valence-corrected chi connectivity index (χ1v) is 10.9. The Labute approximate surface area is 181 Å². The first-order chi connectivity index (χ1) is 14.5. The minimum absolute atomic E-state index is 0.0707. The molecule has 1 heterocycles. The fraction of sp³-hybridized carbons (Fsp3) is 0.250. The number of primary amides is 1. The van der Waals surface area contributed by atoms with E-state index in [4.69, 9.17) is 5.73 Å². The van der Waals surface area contributed by atoms with E-state index in [1.165, 1.54) is 5.56 Å². The zero-order chi connectivity index (χ0) is 21.5. The molecule has 3 aromatic rings. The van der Waals surface area contributed by atoms with Crippen LogP contribution in [0.1, 0.15) is 52.7 Å². The van der Waals surface area contributed by atoms with E-state index in [0.717, 1.165) is 23.3 Å². The summed E-state index contributed by atoms with van der Waals surface area (Å²) in [6.07, 6.45) is 2.17. The lowest BCUT2D eigenvalue weighted by Crippen LogP contribution is -2.40. The molecule has 0 unspecified atom stereocenters. The van der Waals surface area contributed by atoms with E-state index in [1.54, 1.807) is 35.6 Å². The van der Waals surface area contributed by atoms with Gasteiger partial charge in [0.15, 0.2) is 0 Å². The van der Waals surface area contributed by atoms with Gasteiger partial charge in [0.2, 0.25) is 11.8 Å². The number of rotatable bonds is 9. The van der Waals surface area contributed by atoms with Gasteiger partial charge in [0, 0.05) is 16.1 Å². The summed E-state index contributed by atoms with van der Waals surface area (Å²) in [5, 5.41) is 8.39. The predicted octanol–water partition coefficient (Wildman–Crippen LogP) is 4.51. The Balaban J connectivity index is 1.72. The van der Waals surface area contributed by atoms with Crippen molar-refractivity contribution >= 4 is 28.8 Å². The van der Waals surface area contributed by atoms with E-state index in [-0.39, 0.29) is 11.9 Å². The quantitative estimate of drug-likeness (QED) is 0.475. The highest BCUT2D eigenvalue weighted by Crippen LogP contribution is 2.27. The minimum atomic E-state index is -0.494. The molecule has 0 bridgehead atoms. The van der Waals surface area contributed by atoms with Gasteiger partial charge in [-0.3, -0.25) is 14.9 Å². The number of thiophene rings is 1. The second-order valence-electron chi connectivity index (χ2n) is 7.26. The molecule has 5 nitrogen and oxygen atoms in total. The van der Waals surface area contributed by atoms with Crippen molar-refractivity contribution in [3.63, 3.8) is 0 Å². The number of carbonyl (C=O) groups excluding carboxylic acids is 2. The van der Waals surface area contributed by atoms with Crippen molar-refractivity contribution in [2.24, 2.45) is 5.73 Å². The molecule has 0 aliphatic carbocycles. The normalized spacial score (nSPS) is 12.9. The number of nitrogens with two attached hydrogens (primary N) is 1. The molecule has 0 aliphatic rings. The predicted molar refractivity (Wildman–Crippen MR) is 123 cm³/mol. The van der Waals surface area contributed by atoms with Crippen LogP contribution in [0.3, 0.4) is 0 Å².